The van der Waals surface area contributed by atoms with Crippen LogP contribution in [0.3, 0.4) is 0 Å². The summed E-state index contributed by atoms with van der Waals surface area (Å²) in [4.78, 5) is 0. The van der Waals surface area contributed by atoms with E-state index in [1.807, 2.05) is 6.07 Å². The van der Waals surface area contributed by atoms with Crippen LogP contribution in [0.15, 0.2) is 22.7 Å². The average Bonchev–Trinajstić information content (AvgIpc) is 2.28. The molecule has 0 aliphatic rings. The van der Waals surface area contributed by atoms with E-state index in [9.17, 15) is 4.39 Å². The highest BCUT2D eigenvalue weighted by Gasteiger charge is 2.12. The molecule has 1 atom stereocenters. The number of nitrogens with one attached hydrogen (secondary N) is 1. The summed E-state index contributed by atoms with van der Waals surface area (Å²) in [6.07, 6.45) is 2.67. The van der Waals surface area contributed by atoms with Gasteiger partial charge in [0.15, 0.2) is 0 Å². The van der Waals surface area contributed by atoms with Gasteiger partial charge in [0, 0.05) is 10.5 Å². The van der Waals surface area contributed by atoms with Crippen LogP contribution in [-0.2, 0) is 6.42 Å². The molecule has 1 rings (SSSR count). The fraction of sp³-hybridized carbons (Fsp3) is 0.538. The van der Waals surface area contributed by atoms with E-state index in [4.69, 9.17) is 5.84 Å². The van der Waals surface area contributed by atoms with E-state index >= 15 is 0 Å². The molecule has 2 nitrogen and oxygen atoms in total. The summed E-state index contributed by atoms with van der Waals surface area (Å²) >= 11 is 3.35. The van der Waals surface area contributed by atoms with E-state index in [-0.39, 0.29) is 11.9 Å². The molecule has 0 aliphatic heterocycles. The molecule has 0 bridgehead atoms. The maximum absolute atomic E-state index is 13.6. The Labute approximate surface area is 111 Å². The lowest BCUT2D eigenvalue weighted by Gasteiger charge is -2.17. The van der Waals surface area contributed by atoms with Crippen molar-refractivity contribution in [1.29, 1.82) is 0 Å². The summed E-state index contributed by atoms with van der Waals surface area (Å²) < 4.78 is 14.5. The molecule has 0 aliphatic carbocycles. The Morgan fingerprint density at radius 3 is 2.65 bits per heavy atom. The Morgan fingerprint density at radius 1 is 1.35 bits per heavy atom. The highest BCUT2D eigenvalue weighted by Crippen LogP contribution is 2.18. The van der Waals surface area contributed by atoms with Crippen molar-refractivity contribution in [2.24, 2.45) is 11.8 Å². The predicted molar refractivity (Wildman–Crippen MR) is 73.0 cm³/mol. The van der Waals surface area contributed by atoms with E-state index in [1.165, 1.54) is 6.07 Å². The fourth-order valence-electron chi connectivity index (χ4n) is 1.74. The second kappa shape index (κ2) is 7.09. The molecule has 0 aromatic heterocycles. The predicted octanol–water partition coefficient (Wildman–Crippen LogP) is 3.40. The summed E-state index contributed by atoms with van der Waals surface area (Å²) in [6.45, 7) is 4.35. The first-order valence-electron chi connectivity index (χ1n) is 5.93. The van der Waals surface area contributed by atoms with Gasteiger partial charge in [0.05, 0.1) is 0 Å². The van der Waals surface area contributed by atoms with Crippen molar-refractivity contribution in [3.8, 4) is 0 Å². The molecule has 0 saturated carbocycles. The van der Waals surface area contributed by atoms with E-state index in [1.54, 1.807) is 6.07 Å². The number of benzene rings is 1. The smallest absolute Gasteiger partial charge is 0.126 e. The third-order valence-electron chi connectivity index (χ3n) is 2.80. The lowest BCUT2D eigenvalue weighted by Crippen LogP contribution is -2.37. The monoisotopic (exact) mass is 302 g/mol. The van der Waals surface area contributed by atoms with Crippen LogP contribution < -0.4 is 11.3 Å². The van der Waals surface area contributed by atoms with Crippen molar-refractivity contribution in [3.05, 3.63) is 34.1 Å². The van der Waals surface area contributed by atoms with Gasteiger partial charge in [0.25, 0.3) is 0 Å². The van der Waals surface area contributed by atoms with Gasteiger partial charge in [-0.15, -0.1) is 0 Å². The van der Waals surface area contributed by atoms with Crippen LogP contribution >= 0.6 is 15.9 Å². The average molecular weight is 303 g/mol. The summed E-state index contributed by atoms with van der Waals surface area (Å²) in [7, 11) is 0. The first-order valence-corrected chi connectivity index (χ1v) is 6.72. The van der Waals surface area contributed by atoms with Crippen LogP contribution in [-0.4, -0.2) is 6.04 Å². The van der Waals surface area contributed by atoms with Gasteiger partial charge in [-0.3, -0.25) is 11.3 Å². The van der Waals surface area contributed by atoms with E-state index in [2.05, 4.69) is 35.2 Å². The van der Waals surface area contributed by atoms with Gasteiger partial charge >= 0.3 is 0 Å². The molecule has 3 N–H and O–H groups in total. The van der Waals surface area contributed by atoms with Crippen molar-refractivity contribution < 1.29 is 4.39 Å². The molecule has 0 spiro atoms. The van der Waals surface area contributed by atoms with Crippen LogP contribution in [0.1, 0.15) is 32.3 Å². The third kappa shape index (κ3) is 5.15. The zero-order valence-electron chi connectivity index (χ0n) is 10.3. The Hall–Kier alpha value is -0.450. The number of hydrazine groups is 1. The Morgan fingerprint density at radius 2 is 2.06 bits per heavy atom. The molecule has 1 aromatic carbocycles. The van der Waals surface area contributed by atoms with Gasteiger partial charge in [0.2, 0.25) is 0 Å². The molecule has 0 saturated heterocycles. The van der Waals surface area contributed by atoms with Crippen LogP contribution in [0.25, 0.3) is 0 Å². The molecule has 0 amide bonds. The SMILES string of the molecule is CC(C)CCC(Cc1cc(Br)ccc1F)NN. The summed E-state index contributed by atoms with van der Waals surface area (Å²) in [6, 6.07) is 5.13. The zero-order valence-corrected chi connectivity index (χ0v) is 11.9. The standard InChI is InChI=1S/C13H20BrFN2/c1-9(2)3-5-12(17-16)8-10-7-11(14)4-6-13(10)15/h4,6-7,9,12,17H,3,5,8,16H2,1-2H3. The molecule has 4 heteroatoms. The molecule has 0 radical (unpaired) electrons. The fourth-order valence-corrected chi connectivity index (χ4v) is 2.15. The van der Waals surface area contributed by atoms with Crippen LogP contribution in [0, 0.1) is 11.7 Å². The molecule has 0 fully saturated rings. The highest BCUT2D eigenvalue weighted by molar-refractivity contribution is 9.10. The first-order chi connectivity index (χ1) is 8.02. The molecule has 96 valence electrons. The number of hydrogen-bond acceptors (Lipinski definition) is 2. The van der Waals surface area contributed by atoms with E-state index in [0.717, 1.165) is 17.3 Å². The lowest BCUT2D eigenvalue weighted by atomic mass is 9.98. The molecule has 17 heavy (non-hydrogen) atoms. The van der Waals surface area contributed by atoms with E-state index in [0.29, 0.717) is 17.9 Å². The van der Waals surface area contributed by atoms with Crippen molar-refractivity contribution in [3.63, 3.8) is 0 Å². The minimum atomic E-state index is -0.169. The van der Waals surface area contributed by atoms with Crippen molar-refractivity contribution in [2.75, 3.05) is 0 Å². The second-order valence-electron chi connectivity index (χ2n) is 4.77. The van der Waals surface area contributed by atoms with Crippen LogP contribution in [0.5, 0.6) is 0 Å². The first kappa shape index (κ1) is 14.6. The number of hydrogen-bond donors (Lipinski definition) is 2. The molecule has 0 heterocycles. The highest BCUT2D eigenvalue weighted by atomic mass is 79.9. The van der Waals surface area contributed by atoms with E-state index < -0.39 is 0 Å². The number of halogens is 2. The Balaban J connectivity index is 2.63. The second-order valence-corrected chi connectivity index (χ2v) is 5.69. The maximum atomic E-state index is 13.6. The minimum Gasteiger partial charge on any atom is -0.271 e. The maximum Gasteiger partial charge on any atom is 0.126 e. The van der Waals surface area contributed by atoms with Gasteiger partial charge < -0.3 is 0 Å². The number of nitrogens with two attached hydrogens (primary N) is 1. The van der Waals surface area contributed by atoms with Gasteiger partial charge in [-0.25, -0.2) is 4.39 Å². The van der Waals surface area contributed by atoms with Crippen molar-refractivity contribution in [1.82, 2.24) is 5.43 Å². The summed E-state index contributed by atoms with van der Waals surface area (Å²) in [5.41, 5.74) is 3.47. The Kier molecular flexibility index (Phi) is 6.09. The molecule has 1 aromatic rings. The van der Waals surface area contributed by atoms with Gasteiger partial charge in [-0.1, -0.05) is 29.8 Å². The third-order valence-corrected chi connectivity index (χ3v) is 3.30. The zero-order chi connectivity index (χ0) is 12.8. The van der Waals surface area contributed by atoms with Gasteiger partial charge in [0.1, 0.15) is 5.82 Å². The normalized spacial score (nSPS) is 13.1. The minimum absolute atomic E-state index is 0.126. The summed E-state index contributed by atoms with van der Waals surface area (Å²) in [5, 5.41) is 0. The summed E-state index contributed by atoms with van der Waals surface area (Å²) in [5.74, 6) is 5.98. The van der Waals surface area contributed by atoms with Crippen LogP contribution in [0.4, 0.5) is 4.39 Å². The number of rotatable bonds is 6. The Bertz CT molecular complexity index is 355. The molecular formula is C13H20BrFN2. The van der Waals surface area contributed by atoms with Crippen LogP contribution in [0.2, 0.25) is 0 Å². The van der Waals surface area contributed by atoms with Crippen molar-refractivity contribution in [2.45, 2.75) is 39.2 Å². The quantitative estimate of drug-likeness (QED) is 0.624. The van der Waals surface area contributed by atoms with Crippen molar-refractivity contribution >= 4 is 15.9 Å². The lowest BCUT2D eigenvalue weighted by molar-refractivity contribution is 0.429. The molecule has 1 unspecified atom stereocenters. The topological polar surface area (TPSA) is 38.0 Å². The van der Waals surface area contributed by atoms with Gasteiger partial charge in [-0.05, 0) is 48.9 Å². The van der Waals surface area contributed by atoms with Gasteiger partial charge in [-0.2, -0.15) is 0 Å². The largest absolute Gasteiger partial charge is 0.271 e. The molecular weight excluding hydrogens is 283 g/mol.